The normalized spacial score (nSPS) is 19.2. The van der Waals surface area contributed by atoms with Crippen LogP contribution in [0.4, 0.5) is 13.2 Å². The van der Waals surface area contributed by atoms with Crippen molar-refractivity contribution in [2.45, 2.75) is 32.6 Å². The molecule has 1 unspecified atom stereocenters. The van der Waals surface area contributed by atoms with E-state index in [1.54, 1.807) is 10.6 Å². The Bertz CT molecular complexity index is 980. The number of hydrogen-bond acceptors (Lipinski definition) is 3. The van der Waals surface area contributed by atoms with Gasteiger partial charge in [-0.3, -0.25) is 4.90 Å². The van der Waals surface area contributed by atoms with E-state index in [1.807, 2.05) is 25.1 Å². The summed E-state index contributed by atoms with van der Waals surface area (Å²) in [5.74, 6) is 0. The van der Waals surface area contributed by atoms with Crippen molar-refractivity contribution in [3.63, 3.8) is 0 Å². The maximum Gasteiger partial charge on any atom is 0.435 e. The molecule has 4 rings (SSSR count). The Morgan fingerprint density at radius 2 is 2.00 bits per heavy atom. The summed E-state index contributed by atoms with van der Waals surface area (Å²) in [7, 11) is 0. The van der Waals surface area contributed by atoms with E-state index in [1.165, 1.54) is 6.20 Å². The number of rotatable bonds is 3. The van der Waals surface area contributed by atoms with Crippen LogP contribution in [-0.4, -0.2) is 46.8 Å². The van der Waals surface area contributed by atoms with Gasteiger partial charge in [0.05, 0.1) is 18.7 Å². The first-order valence-corrected chi connectivity index (χ1v) is 9.13. The number of fused-ring (bicyclic) bond motifs is 3. The molecule has 0 amide bonds. The van der Waals surface area contributed by atoms with Crippen molar-refractivity contribution < 1.29 is 17.9 Å². The molecular weight excluding hydrogens is 355 g/mol. The fourth-order valence-corrected chi connectivity index (χ4v) is 3.92. The third kappa shape index (κ3) is 3.30. The summed E-state index contributed by atoms with van der Waals surface area (Å²) < 4.78 is 48.2. The van der Waals surface area contributed by atoms with Gasteiger partial charge in [0, 0.05) is 48.2 Å². The molecule has 2 aromatic heterocycles. The molecule has 3 aromatic rings. The van der Waals surface area contributed by atoms with Gasteiger partial charge in [0.15, 0.2) is 5.69 Å². The highest BCUT2D eigenvalue weighted by molar-refractivity contribution is 6.09. The summed E-state index contributed by atoms with van der Waals surface area (Å²) in [5.41, 5.74) is 1.20. The van der Waals surface area contributed by atoms with Crippen molar-refractivity contribution in [2.24, 2.45) is 0 Å². The van der Waals surface area contributed by atoms with Crippen molar-refractivity contribution in [1.29, 1.82) is 0 Å². The van der Waals surface area contributed by atoms with E-state index >= 15 is 0 Å². The Labute approximate surface area is 155 Å². The van der Waals surface area contributed by atoms with Crippen LogP contribution in [0.3, 0.4) is 0 Å². The molecule has 4 nitrogen and oxygen atoms in total. The minimum absolute atomic E-state index is 0.173. The lowest BCUT2D eigenvalue weighted by Crippen LogP contribution is -2.44. The number of aromatic nitrogens is 2. The lowest BCUT2D eigenvalue weighted by molar-refractivity contribution is -0.140. The molecule has 1 atom stereocenters. The molecule has 0 radical (unpaired) electrons. The quantitative estimate of drug-likeness (QED) is 0.684. The summed E-state index contributed by atoms with van der Waals surface area (Å²) in [6.07, 6.45) is -3.24. The second-order valence-corrected chi connectivity index (χ2v) is 7.19. The SMILES string of the molecule is Cc1ccc2c3ccnc(C(F)(F)F)c3n(CCN3CCOCC3C)c2c1. The highest BCUT2D eigenvalue weighted by atomic mass is 19.4. The Kier molecular flexibility index (Phi) is 4.60. The Morgan fingerprint density at radius 1 is 1.19 bits per heavy atom. The zero-order chi connectivity index (χ0) is 19.2. The third-order valence-corrected chi connectivity index (χ3v) is 5.31. The second-order valence-electron chi connectivity index (χ2n) is 7.19. The van der Waals surface area contributed by atoms with E-state index in [-0.39, 0.29) is 11.6 Å². The number of ether oxygens (including phenoxy) is 1. The summed E-state index contributed by atoms with van der Waals surface area (Å²) in [4.78, 5) is 5.95. The van der Waals surface area contributed by atoms with E-state index in [2.05, 4.69) is 16.8 Å². The molecule has 1 aliphatic heterocycles. The molecule has 0 saturated carbocycles. The van der Waals surface area contributed by atoms with E-state index in [4.69, 9.17) is 4.74 Å². The standard InChI is InChI=1S/C20H22F3N3O/c1-13-3-4-15-16-5-6-24-19(20(21,22)23)18(16)26(17(15)11-13)8-7-25-9-10-27-12-14(25)2/h3-6,11,14H,7-10,12H2,1-2H3. The molecule has 0 spiro atoms. The predicted octanol–water partition coefficient (Wildman–Crippen LogP) is 4.24. The highest BCUT2D eigenvalue weighted by Crippen LogP contribution is 2.38. The Morgan fingerprint density at radius 3 is 2.74 bits per heavy atom. The van der Waals surface area contributed by atoms with Gasteiger partial charge >= 0.3 is 6.18 Å². The number of halogens is 3. The first-order chi connectivity index (χ1) is 12.9. The van der Waals surface area contributed by atoms with Crippen LogP contribution >= 0.6 is 0 Å². The molecule has 0 bridgehead atoms. The monoisotopic (exact) mass is 377 g/mol. The van der Waals surface area contributed by atoms with Crippen LogP contribution in [0.5, 0.6) is 0 Å². The van der Waals surface area contributed by atoms with Gasteiger partial charge in [-0.2, -0.15) is 13.2 Å². The fourth-order valence-electron chi connectivity index (χ4n) is 3.92. The zero-order valence-electron chi connectivity index (χ0n) is 15.4. The predicted molar refractivity (Wildman–Crippen MR) is 98.8 cm³/mol. The molecule has 144 valence electrons. The van der Waals surface area contributed by atoms with Crippen LogP contribution in [0.1, 0.15) is 18.2 Å². The number of aryl methyl sites for hydroxylation is 1. The number of nitrogens with zero attached hydrogens (tertiary/aromatic N) is 3. The number of pyridine rings is 1. The first-order valence-electron chi connectivity index (χ1n) is 9.13. The lowest BCUT2D eigenvalue weighted by Gasteiger charge is -2.33. The van der Waals surface area contributed by atoms with Gasteiger partial charge in [-0.15, -0.1) is 0 Å². The summed E-state index contributed by atoms with van der Waals surface area (Å²) in [6.45, 7) is 7.29. The van der Waals surface area contributed by atoms with Crippen LogP contribution in [-0.2, 0) is 17.5 Å². The minimum Gasteiger partial charge on any atom is -0.379 e. The Balaban J connectivity index is 1.86. The van der Waals surface area contributed by atoms with Gasteiger partial charge in [0.25, 0.3) is 0 Å². The fraction of sp³-hybridized carbons (Fsp3) is 0.450. The van der Waals surface area contributed by atoms with E-state index in [0.717, 1.165) is 23.0 Å². The van der Waals surface area contributed by atoms with Gasteiger partial charge in [-0.25, -0.2) is 4.98 Å². The molecule has 0 N–H and O–H groups in total. The molecule has 1 fully saturated rings. The lowest BCUT2D eigenvalue weighted by atomic mass is 10.1. The van der Waals surface area contributed by atoms with Crippen LogP contribution in [0, 0.1) is 6.92 Å². The average molecular weight is 377 g/mol. The summed E-state index contributed by atoms with van der Waals surface area (Å²) in [6, 6.07) is 7.73. The zero-order valence-corrected chi connectivity index (χ0v) is 15.4. The maximum atomic E-state index is 13.7. The number of morpholine rings is 1. The van der Waals surface area contributed by atoms with Crippen LogP contribution < -0.4 is 0 Å². The molecule has 0 aliphatic carbocycles. The van der Waals surface area contributed by atoms with Crippen molar-refractivity contribution >= 4 is 21.8 Å². The molecule has 27 heavy (non-hydrogen) atoms. The molecule has 1 aromatic carbocycles. The van der Waals surface area contributed by atoms with Gasteiger partial charge in [0.1, 0.15) is 0 Å². The number of hydrogen-bond donors (Lipinski definition) is 0. The number of benzene rings is 1. The van der Waals surface area contributed by atoms with Crippen molar-refractivity contribution in [3.8, 4) is 0 Å². The average Bonchev–Trinajstić information content (AvgIpc) is 2.93. The molecule has 1 saturated heterocycles. The van der Waals surface area contributed by atoms with E-state index < -0.39 is 11.9 Å². The Hall–Kier alpha value is -2.12. The van der Waals surface area contributed by atoms with Gasteiger partial charge in [-0.05, 0) is 31.5 Å². The number of alkyl halides is 3. The van der Waals surface area contributed by atoms with E-state index in [9.17, 15) is 13.2 Å². The second kappa shape index (κ2) is 6.80. The van der Waals surface area contributed by atoms with Crippen molar-refractivity contribution in [1.82, 2.24) is 14.5 Å². The van der Waals surface area contributed by atoms with Crippen molar-refractivity contribution in [2.75, 3.05) is 26.3 Å². The first kappa shape index (κ1) is 18.3. The van der Waals surface area contributed by atoms with Crippen LogP contribution in [0.2, 0.25) is 0 Å². The van der Waals surface area contributed by atoms with Gasteiger partial charge in [0.2, 0.25) is 0 Å². The van der Waals surface area contributed by atoms with Crippen LogP contribution in [0.15, 0.2) is 30.5 Å². The highest BCUT2D eigenvalue weighted by Gasteiger charge is 2.36. The largest absolute Gasteiger partial charge is 0.435 e. The van der Waals surface area contributed by atoms with Crippen LogP contribution in [0.25, 0.3) is 21.8 Å². The smallest absolute Gasteiger partial charge is 0.379 e. The summed E-state index contributed by atoms with van der Waals surface area (Å²) >= 11 is 0. The van der Waals surface area contributed by atoms with Crippen molar-refractivity contribution in [3.05, 3.63) is 41.7 Å². The van der Waals surface area contributed by atoms with Gasteiger partial charge < -0.3 is 9.30 Å². The molecule has 3 heterocycles. The maximum absolute atomic E-state index is 13.7. The third-order valence-electron chi connectivity index (χ3n) is 5.31. The van der Waals surface area contributed by atoms with Gasteiger partial charge in [-0.1, -0.05) is 12.1 Å². The topological polar surface area (TPSA) is 30.3 Å². The molecular formula is C20H22F3N3O. The summed E-state index contributed by atoms with van der Waals surface area (Å²) in [5, 5.41) is 1.43. The van der Waals surface area contributed by atoms with E-state index in [0.29, 0.717) is 31.7 Å². The minimum atomic E-state index is -4.49. The molecule has 1 aliphatic rings. The molecule has 7 heteroatoms.